The van der Waals surface area contributed by atoms with E-state index in [2.05, 4.69) is 51.5 Å². The van der Waals surface area contributed by atoms with E-state index in [-0.39, 0.29) is 12.0 Å². The van der Waals surface area contributed by atoms with Crippen LogP contribution in [0.3, 0.4) is 0 Å². The molecule has 0 aliphatic heterocycles. The summed E-state index contributed by atoms with van der Waals surface area (Å²) in [5.74, 6) is 6.08. The summed E-state index contributed by atoms with van der Waals surface area (Å²) in [6, 6.07) is 0.773. The minimum absolute atomic E-state index is 0.273. The van der Waals surface area contributed by atoms with Crippen LogP contribution in [-0.4, -0.2) is 52.6 Å². The van der Waals surface area contributed by atoms with Crippen LogP contribution in [0.15, 0.2) is 0 Å². The highest BCUT2D eigenvalue weighted by atomic mass is 16.5. The Morgan fingerprint density at radius 1 is 1.25 bits per heavy atom. The van der Waals surface area contributed by atoms with Gasteiger partial charge in [0.25, 0.3) is 0 Å². The molecule has 0 amide bonds. The van der Waals surface area contributed by atoms with Gasteiger partial charge in [-0.05, 0) is 27.3 Å². The van der Waals surface area contributed by atoms with E-state index < -0.39 is 0 Å². The molecule has 0 aliphatic rings. The second kappa shape index (κ2) is 8.49. The van der Waals surface area contributed by atoms with Crippen molar-refractivity contribution in [1.82, 2.24) is 19.9 Å². The second-order valence-electron chi connectivity index (χ2n) is 4.76. The molecule has 1 aromatic heterocycles. The lowest BCUT2D eigenvalue weighted by Gasteiger charge is -2.20. The predicted molar refractivity (Wildman–Crippen MR) is 79.7 cm³/mol. The molecule has 0 saturated heterocycles. The first-order chi connectivity index (χ1) is 9.56. The number of rotatable bonds is 9. The van der Waals surface area contributed by atoms with Gasteiger partial charge in [-0.25, -0.2) is 5.84 Å². The second-order valence-corrected chi connectivity index (χ2v) is 4.76. The molecule has 0 bridgehead atoms. The predicted octanol–water partition coefficient (Wildman–Crippen LogP) is 0.698. The Morgan fingerprint density at radius 2 is 1.95 bits per heavy atom. The lowest BCUT2D eigenvalue weighted by molar-refractivity contribution is 0.283. The molecule has 0 atom stereocenters. The van der Waals surface area contributed by atoms with E-state index in [1.807, 2.05) is 6.92 Å². The van der Waals surface area contributed by atoms with Crippen LogP contribution in [0.5, 0.6) is 6.01 Å². The maximum Gasteiger partial charge on any atom is 0.323 e. The number of anilines is 2. The monoisotopic (exact) mass is 283 g/mol. The number of ether oxygens (including phenoxy) is 1. The summed E-state index contributed by atoms with van der Waals surface area (Å²) in [6.07, 6.45) is 0.888. The third kappa shape index (κ3) is 5.54. The molecule has 0 unspecified atom stereocenters. The molecular formula is C12H25N7O. The van der Waals surface area contributed by atoms with Crippen LogP contribution >= 0.6 is 0 Å². The van der Waals surface area contributed by atoms with Gasteiger partial charge in [-0.15, -0.1) is 0 Å². The van der Waals surface area contributed by atoms with Crippen molar-refractivity contribution >= 4 is 11.9 Å². The summed E-state index contributed by atoms with van der Waals surface area (Å²) in [5.41, 5.74) is 2.41. The number of aromatic nitrogens is 3. The quantitative estimate of drug-likeness (QED) is 0.450. The van der Waals surface area contributed by atoms with Crippen molar-refractivity contribution in [2.24, 2.45) is 5.84 Å². The van der Waals surface area contributed by atoms with Gasteiger partial charge in [0, 0.05) is 19.1 Å². The minimum Gasteiger partial charge on any atom is -0.463 e. The van der Waals surface area contributed by atoms with Crippen LogP contribution in [0.2, 0.25) is 0 Å². The van der Waals surface area contributed by atoms with Gasteiger partial charge in [0.15, 0.2) is 0 Å². The summed E-state index contributed by atoms with van der Waals surface area (Å²) in [5, 5.41) is 3.14. The van der Waals surface area contributed by atoms with E-state index >= 15 is 0 Å². The van der Waals surface area contributed by atoms with Gasteiger partial charge in [0.2, 0.25) is 11.9 Å². The van der Waals surface area contributed by atoms with Gasteiger partial charge in [0.05, 0.1) is 6.61 Å². The molecular weight excluding hydrogens is 258 g/mol. The molecule has 1 heterocycles. The van der Waals surface area contributed by atoms with Crippen LogP contribution < -0.4 is 21.3 Å². The molecule has 0 radical (unpaired) electrons. The Kier molecular flexibility index (Phi) is 6.96. The van der Waals surface area contributed by atoms with E-state index in [0.29, 0.717) is 18.6 Å². The first kappa shape index (κ1) is 16.4. The van der Waals surface area contributed by atoms with Gasteiger partial charge in [0.1, 0.15) is 0 Å². The summed E-state index contributed by atoms with van der Waals surface area (Å²) in [4.78, 5) is 14.6. The average Bonchev–Trinajstić information content (AvgIpc) is 2.44. The van der Waals surface area contributed by atoms with E-state index in [9.17, 15) is 0 Å². The van der Waals surface area contributed by atoms with E-state index in [4.69, 9.17) is 10.6 Å². The summed E-state index contributed by atoms with van der Waals surface area (Å²) < 4.78 is 5.40. The van der Waals surface area contributed by atoms with Crippen molar-refractivity contribution in [3.63, 3.8) is 0 Å². The third-order valence-electron chi connectivity index (χ3n) is 2.81. The molecule has 20 heavy (non-hydrogen) atoms. The fraction of sp³-hybridized carbons (Fsp3) is 0.750. The van der Waals surface area contributed by atoms with E-state index in [1.54, 1.807) is 0 Å². The zero-order valence-corrected chi connectivity index (χ0v) is 12.7. The fourth-order valence-corrected chi connectivity index (χ4v) is 1.36. The molecule has 4 N–H and O–H groups in total. The van der Waals surface area contributed by atoms with Gasteiger partial charge in [-0.1, -0.05) is 6.92 Å². The van der Waals surface area contributed by atoms with Gasteiger partial charge < -0.3 is 15.0 Å². The number of likely N-dealkylation sites (N-methyl/N-ethyl adjacent to an activating group) is 1. The highest BCUT2D eigenvalue weighted by molar-refractivity contribution is 5.34. The van der Waals surface area contributed by atoms with Crippen molar-refractivity contribution in [2.45, 2.75) is 33.2 Å². The molecule has 1 aromatic rings. The Morgan fingerprint density at radius 3 is 2.55 bits per heavy atom. The highest BCUT2D eigenvalue weighted by Crippen LogP contribution is 2.10. The Labute approximate surface area is 120 Å². The maximum absolute atomic E-state index is 5.40. The van der Waals surface area contributed by atoms with Gasteiger partial charge >= 0.3 is 6.01 Å². The normalized spacial score (nSPS) is 10.9. The lowest BCUT2D eigenvalue weighted by atomic mass is 10.3. The van der Waals surface area contributed by atoms with Crippen LogP contribution in [0.25, 0.3) is 0 Å². The Balaban J connectivity index is 2.59. The number of nitrogens with one attached hydrogen (secondary N) is 2. The minimum atomic E-state index is 0.273. The Bertz CT molecular complexity index is 399. The van der Waals surface area contributed by atoms with Crippen LogP contribution in [0.1, 0.15) is 27.2 Å². The van der Waals surface area contributed by atoms with Gasteiger partial charge in [-0.2, -0.15) is 15.0 Å². The SMILES string of the molecule is CCCOc1nc(NN)nc(NCCN(C)C(C)C)n1. The smallest absolute Gasteiger partial charge is 0.323 e. The number of hydrogen-bond donors (Lipinski definition) is 3. The molecule has 0 fully saturated rings. The zero-order valence-electron chi connectivity index (χ0n) is 12.7. The molecule has 0 aliphatic carbocycles. The van der Waals surface area contributed by atoms with Crippen LogP contribution in [0, 0.1) is 0 Å². The van der Waals surface area contributed by atoms with Crippen LogP contribution in [-0.2, 0) is 0 Å². The first-order valence-electron chi connectivity index (χ1n) is 6.86. The number of hydrazine groups is 1. The van der Waals surface area contributed by atoms with Crippen molar-refractivity contribution < 1.29 is 4.74 Å². The summed E-state index contributed by atoms with van der Waals surface area (Å²) in [7, 11) is 2.07. The van der Waals surface area contributed by atoms with E-state index in [0.717, 1.165) is 19.5 Å². The maximum atomic E-state index is 5.40. The van der Waals surface area contributed by atoms with E-state index in [1.165, 1.54) is 0 Å². The molecule has 0 spiro atoms. The fourth-order valence-electron chi connectivity index (χ4n) is 1.36. The molecule has 8 heteroatoms. The van der Waals surface area contributed by atoms with Gasteiger partial charge in [-0.3, -0.25) is 5.43 Å². The molecule has 1 rings (SSSR count). The van der Waals surface area contributed by atoms with Crippen molar-refractivity contribution in [1.29, 1.82) is 0 Å². The lowest BCUT2D eigenvalue weighted by Crippen LogP contribution is -2.31. The van der Waals surface area contributed by atoms with Crippen molar-refractivity contribution in [3.05, 3.63) is 0 Å². The van der Waals surface area contributed by atoms with Crippen molar-refractivity contribution in [3.8, 4) is 6.01 Å². The average molecular weight is 283 g/mol. The standard InChI is InChI=1S/C12H25N7O/c1-5-8-20-12-16-10(15-11(17-12)18-13)14-6-7-19(4)9(2)3/h9H,5-8,13H2,1-4H3,(H2,14,15,16,17,18). The molecule has 0 saturated carbocycles. The topological polar surface area (TPSA) is 101 Å². The largest absolute Gasteiger partial charge is 0.463 e. The van der Waals surface area contributed by atoms with Crippen LogP contribution in [0.4, 0.5) is 11.9 Å². The number of hydrogen-bond acceptors (Lipinski definition) is 8. The summed E-state index contributed by atoms with van der Waals surface area (Å²) in [6.45, 7) is 8.50. The number of nitrogens with zero attached hydrogens (tertiary/aromatic N) is 4. The Hall–Kier alpha value is -1.67. The number of nitrogens with two attached hydrogens (primary N) is 1. The highest BCUT2D eigenvalue weighted by Gasteiger charge is 2.07. The molecule has 0 aromatic carbocycles. The summed E-state index contributed by atoms with van der Waals surface area (Å²) >= 11 is 0. The number of nitrogen functional groups attached to an aromatic ring is 1. The van der Waals surface area contributed by atoms with Crippen molar-refractivity contribution in [2.75, 3.05) is 37.5 Å². The first-order valence-corrected chi connectivity index (χ1v) is 6.86. The molecule has 8 nitrogen and oxygen atoms in total. The third-order valence-corrected chi connectivity index (χ3v) is 2.81. The zero-order chi connectivity index (χ0) is 15.0. The molecule has 114 valence electrons.